The van der Waals surface area contributed by atoms with E-state index in [4.69, 9.17) is 9.65 Å². The second kappa shape index (κ2) is 8.40. The molecule has 3 aromatic rings. The van der Waals surface area contributed by atoms with Crippen LogP contribution in [0.15, 0.2) is 48.5 Å². The number of hydrogen-bond acceptors (Lipinski definition) is 4. The zero-order valence-electron chi connectivity index (χ0n) is 16.0. The van der Waals surface area contributed by atoms with E-state index < -0.39 is 10.1 Å². The molecule has 2 aromatic carbocycles. The lowest BCUT2D eigenvalue weighted by atomic mass is 10.0. The minimum atomic E-state index is -3.67. The Kier molecular flexibility index (Phi) is 6.11. The van der Waals surface area contributed by atoms with Crippen LogP contribution in [0.3, 0.4) is 0 Å². The van der Waals surface area contributed by atoms with Crippen LogP contribution in [-0.2, 0) is 23.1 Å². The van der Waals surface area contributed by atoms with E-state index in [2.05, 4.69) is 11.9 Å². The first-order valence-corrected chi connectivity index (χ1v) is 10.7. The van der Waals surface area contributed by atoms with Crippen molar-refractivity contribution in [3.05, 3.63) is 71.4 Å². The van der Waals surface area contributed by atoms with Gasteiger partial charge in [0, 0.05) is 30.6 Å². The van der Waals surface area contributed by atoms with Gasteiger partial charge >= 0.3 is 0 Å². The number of benzene rings is 2. The average molecular weight is 421 g/mol. The van der Waals surface area contributed by atoms with Crippen LogP contribution >= 0.6 is 0 Å². The third kappa shape index (κ3) is 5.47. The molecule has 1 aromatic heterocycles. The Morgan fingerprint density at radius 1 is 1.00 bits per heavy atom. The highest BCUT2D eigenvalue weighted by atomic mass is 32.2. The van der Waals surface area contributed by atoms with Gasteiger partial charge in [0.05, 0.1) is 23.3 Å². The fourth-order valence-corrected chi connectivity index (χ4v) is 3.19. The van der Waals surface area contributed by atoms with E-state index >= 15 is 0 Å². The van der Waals surface area contributed by atoms with Crippen molar-refractivity contribution in [1.82, 2.24) is 14.7 Å². The van der Waals surface area contributed by atoms with Crippen molar-refractivity contribution < 1.29 is 21.8 Å². The molecule has 0 amide bonds. The number of likely N-dealkylation sites (N-methyl/N-ethyl adjacent to an activating group) is 1. The van der Waals surface area contributed by atoms with Crippen LogP contribution < -0.4 is 0 Å². The molecule has 0 spiro atoms. The van der Waals surface area contributed by atoms with Crippen molar-refractivity contribution in [2.24, 2.45) is 0 Å². The Labute approximate surface area is 168 Å². The molecule has 2 heterocycles. The normalized spacial score (nSPS) is 14.1. The summed E-state index contributed by atoms with van der Waals surface area (Å²) in [6.45, 7) is 1.74. The van der Waals surface area contributed by atoms with Crippen molar-refractivity contribution in [1.29, 1.82) is 0 Å². The van der Waals surface area contributed by atoms with Crippen LogP contribution in [0.25, 0.3) is 16.9 Å². The number of fused-ring (bicyclic) bond motifs is 1. The minimum Gasteiger partial charge on any atom is -0.302 e. The molecule has 0 atom stereocenters. The molecule has 9 heteroatoms. The van der Waals surface area contributed by atoms with E-state index in [1.54, 1.807) is 24.3 Å². The average Bonchev–Trinajstić information content (AvgIpc) is 3.00. The lowest BCUT2D eigenvalue weighted by Gasteiger charge is -2.23. The standard InChI is InChI=1S/C19H17F2N3.CH4O3S/c1-23-11-10-18-17(12-23)19(13-2-4-14(20)5-3-13)22-24(18)16-8-6-15(21)7-9-16;1-5(2,3)4/h2-9H,10-12H2,1H3;1H3,(H,2,3,4). The first-order chi connectivity index (χ1) is 13.6. The molecule has 0 unspecified atom stereocenters. The molecule has 6 nitrogen and oxygen atoms in total. The predicted octanol–water partition coefficient (Wildman–Crippen LogP) is 3.31. The van der Waals surface area contributed by atoms with Crippen molar-refractivity contribution in [3.8, 4) is 16.9 Å². The number of halogens is 2. The largest absolute Gasteiger partial charge is 0.302 e. The molecule has 29 heavy (non-hydrogen) atoms. The van der Waals surface area contributed by atoms with Gasteiger partial charge in [-0.15, -0.1) is 0 Å². The Bertz CT molecular complexity index is 1090. The lowest BCUT2D eigenvalue weighted by molar-refractivity contribution is 0.310. The van der Waals surface area contributed by atoms with E-state index in [-0.39, 0.29) is 11.6 Å². The molecule has 0 aliphatic carbocycles. The van der Waals surface area contributed by atoms with Crippen LogP contribution in [0.1, 0.15) is 11.3 Å². The Balaban J connectivity index is 0.000000431. The molecule has 0 fully saturated rings. The van der Waals surface area contributed by atoms with Crippen molar-refractivity contribution in [2.45, 2.75) is 13.0 Å². The van der Waals surface area contributed by atoms with Gasteiger partial charge in [0.2, 0.25) is 0 Å². The molecule has 0 radical (unpaired) electrons. The van der Waals surface area contributed by atoms with Gasteiger partial charge in [-0.25, -0.2) is 13.5 Å². The van der Waals surface area contributed by atoms with E-state index in [1.165, 1.54) is 24.3 Å². The summed E-state index contributed by atoms with van der Waals surface area (Å²) in [5, 5.41) is 4.77. The summed E-state index contributed by atoms with van der Waals surface area (Å²) >= 11 is 0. The molecule has 1 aliphatic rings. The van der Waals surface area contributed by atoms with Crippen LogP contribution in [0.4, 0.5) is 8.78 Å². The van der Waals surface area contributed by atoms with Gasteiger partial charge in [-0.1, -0.05) is 0 Å². The monoisotopic (exact) mass is 421 g/mol. The van der Waals surface area contributed by atoms with Crippen molar-refractivity contribution in [3.63, 3.8) is 0 Å². The van der Waals surface area contributed by atoms with Gasteiger partial charge in [0.1, 0.15) is 11.6 Å². The van der Waals surface area contributed by atoms with Gasteiger partial charge in [-0.3, -0.25) is 4.55 Å². The van der Waals surface area contributed by atoms with Crippen LogP contribution in [0, 0.1) is 11.6 Å². The highest BCUT2D eigenvalue weighted by Gasteiger charge is 2.24. The van der Waals surface area contributed by atoms with E-state index in [0.29, 0.717) is 6.26 Å². The molecular formula is C20H21F2N3O3S. The Morgan fingerprint density at radius 2 is 1.52 bits per heavy atom. The smallest absolute Gasteiger partial charge is 0.261 e. The summed E-state index contributed by atoms with van der Waals surface area (Å²) in [6, 6.07) is 12.7. The second-order valence-corrected chi connectivity index (χ2v) is 8.36. The highest BCUT2D eigenvalue weighted by Crippen LogP contribution is 2.31. The minimum absolute atomic E-state index is 0.261. The summed E-state index contributed by atoms with van der Waals surface area (Å²) < 4.78 is 54.2. The zero-order valence-corrected chi connectivity index (χ0v) is 16.8. The van der Waals surface area contributed by atoms with Gasteiger partial charge < -0.3 is 4.90 Å². The van der Waals surface area contributed by atoms with Crippen LogP contribution in [-0.4, -0.2) is 47.5 Å². The second-order valence-electron chi connectivity index (χ2n) is 6.89. The quantitative estimate of drug-likeness (QED) is 0.643. The van der Waals surface area contributed by atoms with Crippen molar-refractivity contribution >= 4 is 10.1 Å². The molecule has 154 valence electrons. The SMILES string of the molecule is CN1CCc2c(c(-c3ccc(F)cc3)nn2-c2ccc(F)cc2)C1.CS(=O)(=O)O. The van der Waals surface area contributed by atoms with E-state index in [0.717, 1.165) is 47.7 Å². The third-order valence-corrected chi connectivity index (χ3v) is 4.44. The molecule has 0 saturated carbocycles. The highest BCUT2D eigenvalue weighted by molar-refractivity contribution is 7.85. The van der Waals surface area contributed by atoms with Crippen LogP contribution in [0.2, 0.25) is 0 Å². The molecular weight excluding hydrogens is 400 g/mol. The first kappa shape index (κ1) is 21.1. The van der Waals surface area contributed by atoms with Crippen molar-refractivity contribution in [2.75, 3.05) is 19.8 Å². The van der Waals surface area contributed by atoms with Gasteiger partial charge in [0.15, 0.2) is 0 Å². The molecule has 1 aliphatic heterocycles. The topological polar surface area (TPSA) is 75.4 Å². The number of nitrogens with zero attached hydrogens (tertiary/aromatic N) is 3. The maximum Gasteiger partial charge on any atom is 0.261 e. The summed E-state index contributed by atoms with van der Waals surface area (Å²) in [6.07, 6.45) is 1.59. The predicted molar refractivity (Wildman–Crippen MR) is 106 cm³/mol. The zero-order chi connectivity index (χ0) is 21.2. The van der Waals surface area contributed by atoms with Crippen LogP contribution in [0.5, 0.6) is 0 Å². The number of aromatic nitrogens is 2. The van der Waals surface area contributed by atoms with Gasteiger partial charge in [-0.2, -0.15) is 13.5 Å². The fraction of sp³-hybridized carbons (Fsp3) is 0.250. The summed E-state index contributed by atoms with van der Waals surface area (Å²) in [4.78, 5) is 2.24. The maximum atomic E-state index is 13.2. The number of hydrogen-bond donors (Lipinski definition) is 1. The maximum absolute atomic E-state index is 13.2. The number of rotatable bonds is 2. The molecule has 0 saturated heterocycles. The Morgan fingerprint density at radius 3 is 2.07 bits per heavy atom. The third-order valence-electron chi connectivity index (χ3n) is 4.44. The first-order valence-electron chi connectivity index (χ1n) is 8.85. The lowest BCUT2D eigenvalue weighted by Crippen LogP contribution is -2.27. The molecule has 0 bridgehead atoms. The van der Waals surface area contributed by atoms with Gasteiger partial charge in [0.25, 0.3) is 10.1 Å². The van der Waals surface area contributed by atoms with E-state index in [1.807, 2.05) is 4.68 Å². The Hall–Kier alpha value is -2.62. The van der Waals surface area contributed by atoms with Gasteiger partial charge in [-0.05, 0) is 55.6 Å². The summed E-state index contributed by atoms with van der Waals surface area (Å²) in [5.41, 5.74) is 4.88. The molecule has 1 N–H and O–H groups in total. The molecule has 4 rings (SSSR count). The summed E-state index contributed by atoms with van der Waals surface area (Å²) in [7, 11) is -1.59. The summed E-state index contributed by atoms with van der Waals surface area (Å²) in [5.74, 6) is -0.527. The van der Waals surface area contributed by atoms with E-state index in [9.17, 15) is 17.2 Å². The fourth-order valence-electron chi connectivity index (χ4n) is 3.19.